The molecule has 0 bridgehead atoms. The standard InChI is InChI=1S/C20H26N4O5/c1-3-29-19(25)17-16(12-23-9-7-13(2)8-10-23)21-20(26)22-18(17)14-5-4-6-15(11-14)24(27)28/h4-6,11,13,18H,3,7-10,12H2,1-2H3,(H2,21,22,26)/p+1/t18-/m0/s1. The van der Waals surface area contributed by atoms with Crippen LogP contribution in [-0.2, 0) is 9.53 Å². The maximum absolute atomic E-state index is 12.8. The Morgan fingerprint density at radius 2 is 2.07 bits per heavy atom. The molecule has 1 atom stereocenters. The molecule has 0 aliphatic carbocycles. The van der Waals surface area contributed by atoms with Crippen LogP contribution in [-0.4, -0.2) is 43.2 Å². The zero-order valence-corrected chi connectivity index (χ0v) is 16.7. The molecular formula is C20H27N4O5+. The third-order valence-corrected chi connectivity index (χ3v) is 5.47. The second-order valence-electron chi connectivity index (χ2n) is 7.61. The van der Waals surface area contributed by atoms with E-state index in [2.05, 4.69) is 17.6 Å². The molecule has 29 heavy (non-hydrogen) atoms. The summed E-state index contributed by atoms with van der Waals surface area (Å²) in [4.78, 5) is 37.1. The lowest BCUT2D eigenvalue weighted by atomic mass is 9.94. The average Bonchev–Trinajstić information content (AvgIpc) is 2.69. The molecule has 2 aliphatic rings. The summed E-state index contributed by atoms with van der Waals surface area (Å²) in [6, 6.07) is 4.72. The molecule has 2 heterocycles. The summed E-state index contributed by atoms with van der Waals surface area (Å²) in [5.74, 6) is 0.147. The number of nitrogens with zero attached hydrogens (tertiary/aromatic N) is 1. The number of nitrogens with one attached hydrogen (secondary N) is 3. The first-order valence-corrected chi connectivity index (χ1v) is 9.94. The first-order chi connectivity index (χ1) is 13.9. The van der Waals surface area contributed by atoms with Gasteiger partial charge >= 0.3 is 12.0 Å². The summed E-state index contributed by atoms with van der Waals surface area (Å²) < 4.78 is 5.25. The second-order valence-corrected chi connectivity index (χ2v) is 7.61. The molecule has 3 rings (SSSR count). The molecule has 3 N–H and O–H groups in total. The molecule has 0 saturated carbocycles. The number of quaternary nitrogens is 1. The van der Waals surface area contributed by atoms with Gasteiger partial charge in [0.05, 0.1) is 41.9 Å². The first kappa shape index (κ1) is 20.8. The van der Waals surface area contributed by atoms with E-state index in [0.717, 1.165) is 25.9 Å². The summed E-state index contributed by atoms with van der Waals surface area (Å²) in [6.45, 7) is 6.56. The number of non-ortho nitro benzene ring substituents is 1. The van der Waals surface area contributed by atoms with Gasteiger partial charge in [-0.1, -0.05) is 19.1 Å². The van der Waals surface area contributed by atoms with Crippen LogP contribution in [0.15, 0.2) is 35.5 Å². The average molecular weight is 403 g/mol. The molecule has 0 radical (unpaired) electrons. The van der Waals surface area contributed by atoms with Crippen molar-refractivity contribution < 1.29 is 24.1 Å². The zero-order valence-electron chi connectivity index (χ0n) is 16.7. The number of likely N-dealkylation sites (tertiary alicyclic amines) is 1. The Bertz CT molecular complexity index is 830. The van der Waals surface area contributed by atoms with Crippen LogP contribution in [0.25, 0.3) is 0 Å². The maximum atomic E-state index is 12.8. The highest BCUT2D eigenvalue weighted by molar-refractivity contribution is 5.95. The first-order valence-electron chi connectivity index (χ1n) is 9.94. The summed E-state index contributed by atoms with van der Waals surface area (Å²) in [7, 11) is 0. The van der Waals surface area contributed by atoms with Crippen molar-refractivity contribution in [2.75, 3.05) is 26.2 Å². The van der Waals surface area contributed by atoms with E-state index < -0.39 is 23.0 Å². The van der Waals surface area contributed by atoms with Crippen molar-refractivity contribution in [2.24, 2.45) is 5.92 Å². The number of hydrogen-bond acceptors (Lipinski definition) is 5. The van der Waals surface area contributed by atoms with Crippen LogP contribution in [0.1, 0.15) is 38.3 Å². The zero-order chi connectivity index (χ0) is 21.0. The van der Waals surface area contributed by atoms with E-state index in [1.54, 1.807) is 19.1 Å². The normalized spacial score (nSPS) is 24.5. The predicted octanol–water partition coefficient (Wildman–Crippen LogP) is 1.08. The van der Waals surface area contributed by atoms with Gasteiger partial charge in [-0.3, -0.25) is 10.1 Å². The lowest BCUT2D eigenvalue weighted by molar-refractivity contribution is -0.901. The number of esters is 1. The Morgan fingerprint density at radius 1 is 1.34 bits per heavy atom. The third-order valence-electron chi connectivity index (χ3n) is 5.47. The Labute approximate surface area is 169 Å². The molecule has 2 amide bonds. The molecule has 2 aliphatic heterocycles. The summed E-state index contributed by atoms with van der Waals surface area (Å²) in [5, 5.41) is 16.7. The molecule has 9 nitrogen and oxygen atoms in total. The number of benzene rings is 1. The van der Waals surface area contributed by atoms with E-state index in [0.29, 0.717) is 29.3 Å². The smallest absolute Gasteiger partial charge is 0.338 e. The van der Waals surface area contributed by atoms with Gasteiger partial charge in [-0.25, -0.2) is 9.59 Å². The lowest BCUT2D eigenvalue weighted by Crippen LogP contribution is -3.13. The summed E-state index contributed by atoms with van der Waals surface area (Å²) in [6.07, 6.45) is 2.19. The topological polar surface area (TPSA) is 115 Å². The largest absolute Gasteiger partial charge is 0.463 e. The highest BCUT2D eigenvalue weighted by Gasteiger charge is 2.36. The number of rotatable bonds is 6. The van der Waals surface area contributed by atoms with Crippen LogP contribution in [0.3, 0.4) is 0 Å². The number of hydrogen-bond donors (Lipinski definition) is 3. The Kier molecular flexibility index (Phi) is 6.48. The third kappa shape index (κ3) is 4.92. The molecule has 0 spiro atoms. The lowest BCUT2D eigenvalue weighted by Gasteiger charge is -2.32. The molecule has 1 fully saturated rings. The van der Waals surface area contributed by atoms with Crippen LogP contribution >= 0.6 is 0 Å². The van der Waals surface area contributed by atoms with E-state index in [-0.39, 0.29) is 12.3 Å². The van der Waals surface area contributed by atoms with Gasteiger partial charge in [0, 0.05) is 12.1 Å². The Balaban J connectivity index is 1.98. The highest BCUT2D eigenvalue weighted by atomic mass is 16.6. The van der Waals surface area contributed by atoms with Crippen LogP contribution < -0.4 is 15.5 Å². The van der Waals surface area contributed by atoms with Gasteiger partial charge in [0.25, 0.3) is 5.69 Å². The minimum Gasteiger partial charge on any atom is -0.463 e. The Morgan fingerprint density at radius 3 is 2.72 bits per heavy atom. The molecule has 9 heteroatoms. The molecule has 1 saturated heterocycles. The Hall–Kier alpha value is -2.94. The van der Waals surface area contributed by atoms with Crippen LogP contribution in [0.2, 0.25) is 0 Å². The molecule has 0 unspecified atom stereocenters. The fourth-order valence-corrected chi connectivity index (χ4v) is 3.87. The van der Waals surface area contributed by atoms with Gasteiger partial charge in [-0.05, 0) is 31.2 Å². The van der Waals surface area contributed by atoms with Crippen molar-refractivity contribution in [3.05, 3.63) is 51.2 Å². The SMILES string of the molecule is CCOC(=O)C1=C(C[NH+]2CCC(C)CC2)NC(=O)N[C@H]1c1cccc([N+](=O)[O-])c1. The van der Waals surface area contributed by atoms with Crippen molar-refractivity contribution in [3.63, 3.8) is 0 Å². The van der Waals surface area contributed by atoms with Crippen molar-refractivity contribution in [2.45, 2.75) is 32.7 Å². The number of piperidine rings is 1. The van der Waals surface area contributed by atoms with Crippen molar-refractivity contribution >= 4 is 17.7 Å². The number of carbonyl (C=O) groups is 2. The van der Waals surface area contributed by atoms with Crippen molar-refractivity contribution in [1.82, 2.24) is 10.6 Å². The maximum Gasteiger partial charge on any atom is 0.338 e. The molecule has 1 aromatic carbocycles. The number of nitro groups is 1. The highest BCUT2D eigenvalue weighted by Crippen LogP contribution is 2.29. The minimum atomic E-state index is -0.805. The number of urea groups is 1. The van der Waals surface area contributed by atoms with Crippen LogP contribution in [0, 0.1) is 16.0 Å². The van der Waals surface area contributed by atoms with Gasteiger partial charge in [0.1, 0.15) is 6.54 Å². The molecule has 0 aromatic heterocycles. The summed E-state index contributed by atoms with van der Waals surface area (Å²) in [5.41, 5.74) is 1.19. The van der Waals surface area contributed by atoms with E-state index in [1.165, 1.54) is 17.0 Å². The van der Waals surface area contributed by atoms with Gasteiger partial charge in [-0.2, -0.15) is 0 Å². The monoisotopic (exact) mass is 403 g/mol. The second kappa shape index (κ2) is 9.04. The van der Waals surface area contributed by atoms with Gasteiger partial charge in [-0.15, -0.1) is 0 Å². The predicted molar refractivity (Wildman–Crippen MR) is 105 cm³/mol. The van der Waals surface area contributed by atoms with Gasteiger partial charge in [0.2, 0.25) is 0 Å². The summed E-state index contributed by atoms with van der Waals surface area (Å²) >= 11 is 0. The molecule has 156 valence electrons. The van der Waals surface area contributed by atoms with Gasteiger partial charge in [0.15, 0.2) is 0 Å². The number of amides is 2. The number of carbonyl (C=O) groups excluding carboxylic acids is 2. The minimum absolute atomic E-state index is 0.101. The van der Waals surface area contributed by atoms with E-state index in [4.69, 9.17) is 4.74 Å². The van der Waals surface area contributed by atoms with E-state index in [9.17, 15) is 19.7 Å². The van der Waals surface area contributed by atoms with Gasteiger partial charge < -0.3 is 20.3 Å². The van der Waals surface area contributed by atoms with Crippen molar-refractivity contribution in [1.29, 1.82) is 0 Å². The van der Waals surface area contributed by atoms with Crippen LogP contribution in [0.4, 0.5) is 10.5 Å². The van der Waals surface area contributed by atoms with E-state index >= 15 is 0 Å². The van der Waals surface area contributed by atoms with E-state index in [1.807, 2.05) is 0 Å². The fourth-order valence-electron chi connectivity index (χ4n) is 3.87. The number of nitro benzene ring substituents is 1. The van der Waals surface area contributed by atoms with Crippen LogP contribution in [0.5, 0.6) is 0 Å². The quantitative estimate of drug-likeness (QED) is 0.374. The number of ether oxygens (including phenoxy) is 1. The molecular weight excluding hydrogens is 376 g/mol. The molecule has 1 aromatic rings. The van der Waals surface area contributed by atoms with Crippen molar-refractivity contribution in [3.8, 4) is 0 Å². The fraction of sp³-hybridized carbons (Fsp3) is 0.500.